The molecule has 1 aromatic heterocycles. The predicted octanol–water partition coefficient (Wildman–Crippen LogP) is 2.24. The monoisotopic (exact) mass is 291 g/mol. The molecule has 1 unspecified atom stereocenters. The Balaban J connectivity index is 2.31. The Hall–Kier alpha value is -2.08. The smallest absolute Gasteiger partial charge is 0.177 e. The molecule has 0 aliphatic rings. The van der Waals surface area contributed by atoms with Gasteiger partial charge in [0.1, 0.15) is 0 Å². The van der Waals surface area contributed by atoms with E-state index in [-0.39, 0.29) is 16.6 Å². The molecule has 3 N–H and O–H groups in total. The van der Waals surface area contributed by atoms with Crippen molar-refractivity contribution in [1.29, 1.82) is 0 Å². The van der Waals surface area contributed by atoms with Gasteiger partial charge in [-0.05, 0) is 31.2 Å². The van der Waals surface area contributed by atoms with E-state index in [1.807, 2.05) is 25.1 Å². The summed E-state index contributed by atoms with van der Waals surface area (Å²) < 4.78 is 23.3. The zero-order valence-electron chi connectivity index (χ0n) is 11.4. The predicted molar refractivity (Wildman–Crippen MR) is 80.2 cm³/mol. The molecule has 1 aromatic carbocycles. The lowest BCUT2D eigenvalue weighted by molar-refractivity contribution is 0.602. The number of hydrogen-bond acceptors (Lipinski definition) is 5. The van der Waals surface area contributed by atoms with Crippen LogP contribution in [0.15, 0.2) is 47.5 Å². The number of nitrogens with two attached hydrogens (primary N) is 1. The lowest BCUT2D eigenvalue weighted by Crippen LogP contribution is -2.11. The molecule has 0 aliphatic carbocycles. The molecular weight excluding hydrogens is 274 g/mol. The van der Waals surface area contributed by atoms with Crippen molar-refractivity contribution in [3.63, 3.8) is 0 Å². The number of aromatic nitrogens is 1. The third kappa shape index (κ3) is 3.08. The summed E-state index contributed by atoms with van der Waals surface area (Å²) in [4.78, 5) is 4.39. The number of anilines is 2. The molecule has 0 radical (unpaired) electrons. The van der Waals surface area contributed by atoms with Gasteiger partial charge in [-0.2, -0.15) is 0 Å². The molecule has 0 aliphatic heterocycles. The van der Waals surface area contributed by atoms with Crippen molar-refractivity contribution in [2.75, 3.05) is 17.3 Å². The fourth-order valence-electron chi connectivity index (χ4n) is 1.93. The van der Waals surface area contributed by atoms with Gasteiger partial charge >= 0.3 is 0 Å². The molecule has 0 fully saturated rings. The molecule has 2 rings (SSSR count). The highest BCUT2D eigenvalue weighted by Crippen LogP contribution is 2.29. The second kappa shape index (κ2) is 5.50. The number of para-hydroxylation sites is 1. The summed E-state index contributed by atoms with van der Waals surface area (Å²) >= 11 is 0. The molecule has 6 heteroatoms. The summed E-state index contributed by atoms with van der Waals surface area (Å²) in [5.41, 5.74) is 7.61. The van der Waals surface area contributed by atoms with Crippen LogP contribution >= 0.6 is 0 Å². The molecule has 1 heterocycles. The fourth-order valence-corrected chi connectivity index (χ4v) is 2.77. The maximum Gasteiger partial charge on any atom is 0.177 e. The van der Waals surface area contributed by atoms with E-state index in [0.29, 0.717) is 5.69 Å². The van der Waals surface area contributed by atoms with Gasteiger partial charge in [0, 0.05) is 12.5 Å². The van der Waals surface area contributed by atoms with E-state index in [1.165, 1.54) is 6.07 Å². The first-order valence-electron chi connectivity index (χ1n) is 6.15. The molecule has 0 spiro atoms. The van der Waals surface area contributed by atoms with Crippen LogP contribution in [-0.2, 0) is 9.84 Å². The van der Waals surface area contributed by atoms with Gasteiger partial charge in [0.25, 0.3) is 0 Å². The van der Waals surface area contributed by atoms with Crippen molar-refractivity contribution in [2.24, 2.45) is 0 Å². The van der Waals surface area contributed by atoms with Crippen LogP contribution < -0.4 is 11.1 Å². The standard InChI is InChI=1S/C14H17N3O2S/c1-10(11-6-3-4-9-16-11)17-12-7-5-8-13(14(12)15)20(2,18)19/h3-10,17H,15H2,1-2H3. The van der Waals surface area contributed by atoms with Crippen LogP contribution in [0.25, 0.3) is 0 Å². The summed E-state index contributed by atoms with van der Waals surface area (Å²) in [6, 6.07) is 10.5. The van der Waals surface area contributed by atoms with Crippen LogP contribution in [0.1, 0.15) is 18.7 Å². The molecule has 106 valence electrons. The van der Waals surface area contributed by atoms with E-state index in [2.05, 4.69) is 10.3 Å². The molecular formula is C14H17N3O2S. The van der Waals surface area contributed by atoms with E-state index in [0.717, 1.165) is 11.9 Å². The Kier molecular flexibility index (Phi) is 3.94. The van der Waals surface area contributed by atoms with E-state index in [4.69, 9.17) is 5.73 Å². The molecule has 2 aromatic rings. The maximum atomic E-state index is 11.6. The Bertz CT molecular complexity index is 700. The van der Waals surface area contributed by atoms with Crippen LogP contribution in [0.5, 0.6) is 0 Å². The SMILES string of the molecule is CC(Nc1cccc(S(C)(=O)=O)c1N)c1ccccn1. The van der Waals surface area contributed by atoms with Crippen molar-refractivity contribution in [2.45, 2.75) is 17.9 Å². The number of nitrogens with zero attached hydrogens (tertiary/aromatic N) is 1. The highest BCUT2D eigenvalue weighted by atomic mass is 32.2. The first-order chi connectivity index (χ1) is 9.39. The minimum atomic E-state index is -3.34. The van der Waals surface area contributed by atoms with Gasteiger partial charge < -0.3 is 11.1 Å². The van der Waals surface area contributed by atoms with Crippen molar-refractivity contribution in [1.82, 2.24) is 4.98 Å². The zero-order chi connectivity index (χ0) is 14.8. The highest BCUT2D eigenvalue weighted by Gasteiger charge is 2.15. The summed E-state index contributed by atoms with van der Waals surface area (Å²) in [5.74, 6) is 0. The van der Waals surface area contributed by atoms with E-state index in [1.54, 1.807) is 18.3 Å². The number of rotatable bonds is 4. The number of benzene rings is 1. The molecule has 5 nitrogen and oxygen atoms in total. The van der Waals surface area contributed by atoms with E-state index < -0.39 is 9.84 Å². The largest absolute Gasteiger partial charge is 0.396 e. The molecule has 0 bridgehead atoms. The lowest BCUT2D eigenvalue weighted by atomic mass is 10.2. The molecule has 20 heavy (non-hydrogen) atoms. The summed E-state index contributed by atoms with van der Waals surface area (Å²) in [6.07, 6.45) is 2.86. The van der Waals surface area contributed by atoms with Crippen LogP contribution in [0.3, 0.4) is 0 Å². The third-order valence-electron chi connectivity index (χ3n) is 2.97. The zero-order valence-corrected chi connectivity index (χ0v) is 12.2. The number of nitrogens with one attached hydrogen (secondary N) is 1. The first-order valence-corrected chi connectivity index (χ1v) is 8.04. The van der Waals surface area contributed by atoms with Gasteiger partial charge in [0.15, 0.2) is 9.84 Å². The van der Waals surface area contributed by atoms with Gasteiger partial charge in [-0.1, -0.05) is 12.1 Å². The number of nitrogen functional groups attached to an aromatic ring is 1. The maximum absolute atomic E-state index is 11.6. The average molecular weight is 291 g/mol. The molecule has 1 atom stereocenters. The molecule has 0 saturated heterocycles. The Labute approximate surface area is 118 Å². The van der Waals surface area contributed by atoms with E-state index >= 15 is 0 Å². The Morgan fingerprint density at radius 1 is 1.20 bits per heavy atom. The van der Waals surface area contributed by atoms with Crippen molar-refractivity contribution in [3.05, 3.63) is 48.3 Å². The van der Waals surface area contributed by atoms with Gasteiger partial charge in [0.05, 0.1) is 28.0 Å². The second-order valence-electron chi connectivity index (χ2n) is 4.61. The summed E-state index contributed by atoms with van der Waals surface area (Å²) in [5, 5.41) is 3.19. The van der Waals surface area contributed by atoms with Gasteiger partial charge in [-0.3, -0.25) is 4.98 Å². The fraction of sp³-hybridized carbons (Fsp3) is 0.214. The van der Waals surface area contributed by atoms with Gasteiger partial charge in [0.2, 0.25) is 0 Å². The highest BCUT2D eigenvalue weighted by molar-refractivity contribution is 7.90. The second-order valence-corrected chi connectivity index (χ2v) is 6.59. The van der Waals surface area contributed by atoms with Crippen molar-refractivity contribution >= 4 is 21.2 Å². The van der Waals surface area contributed by atoms with Crippen LogP contribution in [-0.4, -0.2) is 19.7 Å². The summed E-state index contributed by atoms with van der Waals surface area (Å²) in [7, 11) is -3.34. The topological polar surface area (TPSA) is 85.1 Å². The Morgan fingerprint density at radius 2 is 1.95 bits per heavy atom. The number of pyridine rings is 1. The van der Waals surface area contributed by atoms with Crippen molar-refractivity contribution in [3.8, 4) is 0 Å². The van der Waals surface area contributed by atoms with Gasteiger partial charge in [-0.15, -0.1) is 0 Å². The lowest BCUT2D eigenvalue weighted by Gasteiger charge is -2.17. The van der Waals surface area contributed by atoms with Crippen LogP contribution in [0, 0.1) is 0 Å². The number of hydrogen-bond donors (Lipinski definition) is 2. The van der Waals surface area contributed by atoms with Gasteiger partial charge in [-0.25, -0.2) is 8.42 Å². The minimum Gasteiger partial charge on any atom is -0.396 e. The number of sulfone groups is 1. The molecule has 0 amide bonds. The third-order valence-corrected chi connectivity index (χ3v) is 4.12. The van der Waals surface area contributed by atoms with E-state index in [9.17, 15) is 8.42 Å². The average Bonchev–Trinajstić information content (AvgIpc) is 2.40. The van der Waals surface area contributed by atoms with Crippen LogP contribution in [0.2, 0.25) is 0 Å². The Morgan fingerprint density at radius 3 is 2.55 bits per heavy atom. The summed E-state index contributed by atoms with van der Waals surface area (Å²) in [6.45, 7) is 1.94. The van der Waals surface area contributed by atoms with Crippen LogP contribution in [0.4, 0.5) is 11.4 Å². The molecule has 0 saturated carbocycles. The minimum absolute atomic E-state index is 0.0756. The van der Waals surface area contributed by atoms with Crippen molar-refractivity contribution < 1.29 is 8.42 Å². The first kappa shape index (κ1) is 14.3. The quantitative estimate of drug-likeness (QED) is 0.844. The normalized spacial score (nSPS) is 12.9.